The molecule has 0 bridgehead atoms. The number of hydrogen-bond acceptors (Lipinski definition) is 2. The Labute approximate surface area is 114 Å². The van der Waals surface area contributed by atoms with Crippen molar-refractivity contribution in [1.29, 1.82) is 0 Å². The van der Waals surface area contributed by atoms with Crippen molar-refractivity contribution in [2.45, 2.75) is 70.9 Å². The van der Waals surface area contributed by atoms with Crippen LogP contribution in [0.5, 0.6) is 0 Å². The number of likely N-dealkylation sites (N-methyl/N-ethyl adjacent to an activating group) is 1. The van der Waals surface area contributed by atoms with Gasteiger partial charge in [-0.15, -0.1) is 0 Å². The minimum absolute atomic E-state index is 0.692. The Bertz CT molecular complexity index is 219. The van der Waals surface area contributed by atoms with Crippen LogP contribution in [-0.2, 0) is 0 Å². The van der Waals surface area contributed by atoms with Crippen molar-refractivity contribution in [1.82, 2.24) is 10.2 Å². The summed E-state index contributed by atoms with van der Waals surface area (Å²) in [5.74, 6) is 2.05. The molecule has 2 unspecified atom stereocenters. The first kappa shape index (κ1) is 14.3. The standard InChI is InChI=1S/C16H32N2/c1-4-6-15(17-3)16(5-2)18(11-13-7-8-13)12-14-9-10-14/h13-17H,4-12H2,1-3H3. The van der Waals surface area contributed by atoms with Crippen molar-refractivity contribution in [2.24, 2.45) is 11.8 Å². The average Bonchev–Trinajstić information content (AvgIpc) is 3.24. The van der Waals surface area contributed by atoms with Crippen LogP contribution < -0.4 is 5.32 Å². The zero-order chi connectivity index (χ0) is 13.0. The average molecular weight is 252 g/mol. The predicted octanol–water partition coefficient (Wildman–Crippen LogP) is 3.28. The van der Waals surface area contributed by atoms with Gasteiger partial charge in [0.25, 0.3) is 0 Å². The zero-order valence-corrected chi connectivity index (χ0v) is 12.6. The molecule has 0 heterocycles. The summed E-state index contributed by atoms with van der Waals surface area (Å²) in [5, 5.41) is 3.58. The Hall–Kier alpha value is -0.0800. The van der Waals surface area contributed by atoms with E-state index in [1.54, 1.807) is 0 Å². The Morgan fingerprint density at radius 1 is 1.06 bits per heavy atom. The largest absolute Gasteiger partial charge is 0.315 e. The van der Waals surface area contributed by atoms with E-state index in [9.17, 15) is 0 Å². The summed E-state index contributed by atoms with van der Waals surface area (Å²) in [7, 11) is 2.15. The van der Waals surface area contributed by atoms with E-state index in [0.717, 1.165) is 17.9 Å². The second kappa shape index (κ2) is 6.91. The number of rotatable bonds is 10. The molecule has 0 radical (unpaired) electrons. The molecule has 0 aromatic carbocycles. The highest BCUT2D eigenvalue weighted by molar-refractivity contribution is 4.89. The van der Waals surface area contributed by atoms with Gasteiger partial charge in [-0.05, 0) is 57.4 Å². The van der Waals surface area contributed by atoms with Gasteiger partial charge in [0, 0.05) is 25.2 Å². The molecule has 2 saturated carbocycles. The predicted molar refractivity (Wildman–Crippen MR) is 78.9 cm³/mol. The lowest BCUT2D eigenvalue weighted by Crippen LogP contribution is -2.50. The van der Waals surface area contributed by atoms with Gasteiger partial charge in [0.1, 0.15) is 0 Å². The highest BCUT2D eigenvalue weighted by Crippen LogP contribution is 2.35. The van der Waals surface area contributed by atoms with E-state index < -0.39 is 0 Å². The van der Waals surface area contributed by atoms with Gasteiger partial charge < -0.3 is 5.32 Å². The minimum atomic E-state index is 0.692. The van der Waals surface area contributed by atoms with Gasteiger partial charge in [0.2, 0.25) is 0 Å². The van der Waals surface area contributed by atoms with Gasteiger partial charge in [-0.25, -0.2) is 0 Å². The molecule has 2 heteroatoms. The summed E-state index contributed by atoms with van der Waals surface area (Å²) < 4.78 is 0. The molecule has 0 amide bonds. The molecule has 0 spiro atoms. The van der Waals surface area contributed by atoms with Gasteiger partial charge in [0.05, 0.1) is 0 Å². The van der Waals surface area contributed by atoms with Crippen molar-refractivity contribution in [3.63, 3.8) is 0 Å². The zero-order valence-electron chi connectivity index (χ0n) is 12.6. The second-order valence-corrected chi connectivity index (χ2v) is 6.50. The molecule has 0 aliphatic heterocycles. The van der Waals surface area contributed by atoms with Crippen molar-refractivity contribution < 1.29 is 0 Å². The highest BCUT2D eigenvalue weighted by Gasteiger charge is 2.34. The molecule has 2 rings (SSSR count). The third kappa shape index (κ3) is 4.24. The van der Waals surface area contributed by atoms with E-state index in [-0.39, 0.29) is 0 Å². The van der Waals surface area contributed by atoms with E-state index in [2.05, 4.69) is 31.1 Å². The molecule has 0 saturated heterocycles. The molecule has 2 aliphatic carbocycles. The Kier molecular flexibility index (Phi) is 5.50. The van der Waals surface area contributed by atoms with Gasteiger partial charge in [0.15, 0.2) is 0 Å². The first-order valence-corrected chi connectivity index (χ1v) is 8.19. The van der Waals surface area contributed by atoms with Crippen LogP contribution in [0.25, 0.3) is 0 Å². The Morgan fingerprint density at radius 3 is 1.94 bits per heavy atom. The summed E-state index contributed by atoms with van der Waals surface area (Å²) in [6.45, 7) is 7.43. The molecule has 0 aromatic rings. The van der Waals surface area contributed by atoms with Crippen molar-refractivity contribution in [3.8, 4) is 0 Å². The summed E-state index contributed by atoms with van der Waals surface area (Å²) >= 11 is 0. The van der Waals surface area contributed by atoms with Crippen LogP contribution in [0.1, 0.15) is 58.8 Å². The molecule has 2 nitrogen and oxygen atoms in total. The Balaban J connectivity index is 1.93. The SMILES string of the molecule is CCCC(NC)C(CC)N(CC1CC1)CC1CC1. The minimum Gasteiger partial charge on any atom is -0.315 e. The van der Waals surface area contributed by atoms with Crippen LogP contribution >= 0.6 is 0 Å². The molecule has 0 aromatic heterocycles. The van der Waals surface area contributed by atoms with Crippen LogP contribution in [0.3, 0.4) is 0 Å². The molecule has 2 aliphatic rings. The Morgan fingerprint density at radius 2 is 1.61 bits per heavy atom. The van der Waals surface area contributed by atoms with Crippen LogP contribution in [0.4, 0.5) is 0 Å². The fraction of sp³-hybridized carbons (Fsp3) is 1.00. The lowest BCUT2D eigenvalue weighted by atomic mass is 9.98. The van der Waals surface area contributed by atoms with Gasteiger partial charge in [-0.2, -0.15) is 0 Å². The maximum atomic E-state index is 3.58. The van der Waals surface area contributed by atoms with Crippen LogP contribution in [0, 0.1) is 11.8 Å². The highest BCUT2D eigenvalue weighted by atomic mass is 15.2. The lowest BCUT2D eigenvalue weighted by Gasteiger charge is -2.37. The van der Waals surface area contributed by atoms with E-state index in [0.29, 0.717) is 6.04 Å². The first-order chi connectivity index (χ1) is 8.78. The molecule has 2 fully saturated rings. The summed E-state index contributed by atoms with van der Waals surface area (Å²) in [6.07, 6.45) is 9.84. The van der Waals surface area contributed by atoms with Gasteiger partial charge >= 0.3 is 0 Å². The molecule has 2 atom stereocenters. The number of nitrogens with one attached hydrogen (secondary N) is 1. The quantitative estimate of drug-likeness (QED) is 0.642. The maximum absolute atomic E-state index is 3.58. The van der Waals surface area contributed by atoms with Crippen LogP contribution in [0.2, 0.25) is 0 Å². The van der Waals surface area contributed by atoms with E-state index in [1.165, 1.54) is 58.0 Å². The normalized spacial score (nSPS) is 23.3. The third-order valence-electron chi connectivity index (χ3n) is 4.70. The second-order valence-electron chi connectivity index (χ2n) is 6.50. The molecule has 18 heavy (non-hydrogen) atoms. The van der Waals surface area contributed by atoms with Crippen LogP contribution in [0.15, 0.2) is 0 Å². The first-order valence-electron chi connectivity index (χ1n) is 8.19. The summed E-state index contributed by atoms with van der Waals surface area (Å²) in [4.78, 5) is 2.84. The fourth-order valence-corrected chi connectivity index (χ4v) is 3.25. The third-order valence-corrected chi connectivity index (χ3v) is 4.70. The van der Waals surface area contributed by atoms with Gasteiger partial charge in [-0.1, -0.05) is 20.3 Å². The van der Waals surface area contributed by atoms with E-state index >= 15 is 0 Å². The monoisotopic (exact) mass is 252 g/mol. The van der Waals surface area contributed by atoms with Crippen molar-refractivity contribution in [3.05, 3.63) is 0 Å². The topological polar surface area (TPSA) is 15.3 Å². The fourth-order valence-electron chi connectivity index (χ4n) is 3.25. The van der Waals surface area contributed by atoms with Gasteiger partial charge in [-0.3, -0.25) is 4.90 Å². The molecular formula is C16H32N2. The van der Waals surface area contributed by atoms with Crippen LogP contribution in [-0.4, -0.2) is 37.1 Å². The van der Waals surface area contributed by atoms with E-state index in [4.69, 9.17) is 0 Å². The summed E-state index contributed by atoms with van der Waals surface area (Å²) in [6, 6.07) is 1.45. The van der Waals surface area contributed by atoms with E-state index in [1.807, 2.05) is 0 Å². The number of hydrogen-bond donors (Lipinski definition) is 1. The lowest BCUT2D eigenvalue weighted by molar-refractivity contribution is 0.137. The smallest absolute Gasteiger partial charge is 0.0246 e. The maximum Gasteiger partial charge on any atom is 0.0246 e. The molecule has 1 N–H and O–H groups in total. The van der Waals surface area contributed by atoms with Crippen molar-refractivity contribution >= 4 is 0 Å². The summed E-state index contributed by atoms with van der Waals surface area (Å²) in [5.41, 5.74) is 0. The van der Waals surface area contributed by atoms with Crippen molar-refractivity contribution in [2.75, 3.05) is 20.1 Å². The molecule has 106 valence electrons. The molecular weight excluding hydrogens is 220 g/mol. The number of nitrogens with zero attached hydrogens (tertiary/aromatic N) is 1.